The number of fused-ring (bicyclic) bond motifs is 2. The van der Waals surface area contributed by atoms with Crippen LogP contribution in [0.2, 0.25) is 0 Å². The van der Waals surface area contributed by atoms with Gasteiger partial charge in [-0.2, -0.15) is 0 Å². The van der Waals surface area contributed by atoms with E-state index in [0.717, 1.165) is 31.2 Å². The molecule has 2 atom stereocenters. The average molecular weight is 270 g/mol. The largest absolute Gasteiger partial charge is 0.419 e. The number of carbonyl (C=O) groups is 1. The van der Waals surface area contributed by atoms with Gasteiger partial charge in [-0.1, -0.05) is 18.7 Å². The van der Waals surface area contributed by atoms with Crippen molar-refractivity contribution in [2.75, 3.05) is 0 Å². The number of carbonyl (C=O) groups excluding carboxylic acids is 1. The van der Waals surface area contributed by atoms with E-state index in [1.54, 1.807) is 6.20 Å². The number of hydrogen-bond donors (Lipinski definition) is 0. The minimum atomic E-state index is -0.288. The van der Waals surface area contributed by atoms with Gasteiger partial charge in [0.15, 0.2) is 0 Å². The van der Waals surface area contributed by atoms with E-state index >= 15 is 0 Å². The summed E-state index contributed by atoms with van der Waals surface area (Å²) in [4.78, 5) is 18.2. The molecular formula is C16H18N2O2. The van der Waals surface area contributed by atoms with Crippen molar-refractivity contribution in [1.29, 1.82) is 0 Å². The van der Waals surface area contributed by atoms with Crippen LogP contribution in [0.15, 0.2) is 43.4 Å². The Morgan fingerprint density at radius 1 is 1.45 bits per heavy atom. The molecule has 3 rings (SSSR count). The van der Waals surface area contributed by atoms with E-state index in [2.05, 4.69) is 23.7 Å². The molecule has 4 nitrogen and oxygen atoms in total. The normalized spacial score (nSPS) is 24.8. The van der Waals surface area contributed by atoms with E-state index in [9.17, 15) is 4.79 Å². The molecule has 0 spiro atoms. The number of rotatable bonds is 2. The molecule has 2 aliphatic heterocycles. The van der Waals surface area contributed by atoms with Crippen LogP contribution >= 0.6 is 0 Å². The van der Waals surface area contributed by atoms with Crippen LogP contribution in [0.5, 0.6) is 0 Å². The molecule has 1 aromatic rings. The highest BCUT2D eigenvalue weighted by Crippen LogP contribution is 2.39. The van der Waals surface area contributed by atoms with E-state index in [4.69, 9.17) is 4.74 Å². The Labute approximate surface area is 118 Å². The minimum absolute atomic E-state index is 0.0964. The Morgan fingerprint density at radius 3 is 3.10 bits per heavy atom. The molecule has 1 fully saturated rings. The smallest absolute Gasteiger partial charge is 0.415 e. The first kappa shape index (κ1) is 12.9. The van der Waals surface area contributed by atoms with Gasteiger partial charge in [0, 0.05) is 18.4 Å². The van der Waals surface area contributed by atoms with Gasteiger partial charge in [-0.3, -0.25) is 9.88 Å². The summed E-state index contributed by atoms with van der Waals surface area (Å²) in [5, 5.41) is 0. The van der Waals surface area contributed by atoms with Crippen LogP contribution in [0.4, 0.5) is 4.79 Å². The zero-order chi connectivity index (χ0) is 13.9. The van der Waals surface area contributed by atoms with Crippen molar-refractivity contribution < 1.29 is 9.53 Å². The predicted molar refractivity (Wildman–Crippen MR) is 76.8 cm³/mol. The zero-order valence-electron chi connectivity index (χ0n) is 11.4. The second-order valence-electron chi connectivity index (χ2n) is 5.18. The molecule has 0 N–H and O–H groups in total. The lowest BCUT2D eigenvalue weighted by atomic mass is 9.95. The van der Waals surface area contributed by atoms with Gasteiger partial charge in [0.2, 0.25) is 0 Å². The van der Waals surface area contributed by atoms with Crippen LogP contribution < -0.4 is 0 Å². The SMILES string of the molecule is C=COC(=O)N1[C@@H]2CCC=C(c3cccnc3)[C@H]1CC2. The molecular weight excluding hydrogens is 252 g/mol. The van der Waals surface area contributed by atoms with Gasteiger partial charge in [0.05, 0.1) is 12.3 Å². The molecule has 4 heteroatoms. The Kier molecular flexibility index (Phi) is 3.54. The fourth-order valence-electron chi connectivity index (χ4n) is 3.29. The van der Waals surface area contributed by atoms with Crippen LogP contribution in [-0.2, 0) is 4.74 Å². The second-order valence-corrected chi connectivity index (χ2v) is 5.18. The molecule has 0 aromatic carbocycles. The fraction of sp³-hybridized carbons (Fsp3) is 0.375. The molecule has 1 aromatic heterocycles. The summed E-state index contributed by atoms with van der Waals surface area (Å²) in [6.07, 6.45) is 10.8. The lowest BCUT2D eigenvalue weighted by Crippen LogP contribution is -2.40. The summed E-state index contributed by atoms with van der Waals surface area (Å²) in [5.41, 5.74) is 2.29. The van der Waals surface area contributed by atoms with Crippen LogP contribution in [-0.4, -0.2) is 28.1 Å². The van der Waals surface area contributed by atoms with E-state index < -0.39 is 0 Å². The summed E-state index contributed by atoms with van der Waals surface area (Å²) in [7, 11) is 0. The van der Waals surface area contributed by atoms with E-state index in [1.807, 2.05) is 17.2 Å². The van der Waals surface area contributed by atoms with Gasteiger partial charge in [-0.15, -0.1) is 0 Å². The van der Waals surface area contributed by atoms with Gasteiger partial charge >= 0.3 is 6.09 Å². The molecule has 0 radical (unpaired) electrons. The molecule has 1 saturated heterocycles. The molecule has 0 unspecified atom stereocenters. The summed E-state index contributed by atoms with van der Waals surface area (Å²) in [5.74, 6) is 0. The maximum Gasteiger partial charge on any atom is 0.415 e. The van der Waals surface area contributed by atoms with Crippen molar-refractivity contribution >= 4 is 11.7 Å². The molecule has 2 aliphatic rings. The lowest BCUT2D eigenvalue weighted by Gasteiger charge is -2.28. The van der Waals surface area contributed by atoms with E-state index in [1.165, 1.54) is 11.8 Å². The van der Waals surface area contributed by atoms with E-state index in [-0.39, 0.29) is 18.2 Å². The highest BCUT2D eigenvalue weighted by atomic mass is 16.5. The van der Waals surface area contributed by atoms with Gasteiger partial charge < -0.3 is 4.74 Å². The van der Waals surface area contributed by atoms with Crippen LogP contribution in [0.3, 0.4) is 0 Å². The fourth-order valence-corrected chi connectivity index (χ4v) is 3.29. The van der Waals surface area contributed by atoms with Crippen molar-refractivity contribution in [3.8, 4) is 0 Å². The van der Waals surface area contributed by atoms with Crippen LogP contribution in [0.1, 0.15) is 31.2 Å². The molecule has 3 heterocycles. The van der Waals surface area contributed by atoms with Crippen molar-refractivity contribution in [2.45, 2.75) is 37.8 Å². The molecule has 2 bridgehead atoms. The number of allylic oxidation sites excluding steroid dienone is 1. The number of hydrogen-bond acceptors (Lipinski definition) is 3. The van der Waals surface area contributed by atoms with E-state index in [0.29, 0.717) is 0 Å². The number of amides is 1. The second kappa shape index (κ2) is 5.49. The maximum atomic E-state index is 12.2. The Bertz CT molecular complexity index is 539. The molecule has 104 valence electrons. The predicted octanol–water partition coefficient (Wildman–Crippen LogP) is 3.37. The Morgan fingerprint density at radius 2 is 2.35 bits per heavy atom. The van der Waals surface area contributed by atoms with Crippen molar-refractivity contribution in [1.82, 2.24) is 9.88 Å². The highest BCUT2D eigenvalue weighted by Gasteiger charge is 2.40. The van der Waals surface area contributed by atoms with Gasteiger partial charge in [-0.05, 0) is 42.9 Å². The minimum Gasteiger partial charge on any atom is -0.419 e. The number of pyridine rings is 1. The summed E-state index contributed by atoms with van der Waals surface area (Å²) < 4.78 is 5.01. The number of nitrogens with zero attached hydrogens (tertiary/aromatic N) is 2. The standard InChI is InChI=1S/C16H18N2O2/c1-2-20-16(19)18-13-6-3-7-14(15(18)9-8-13)12-5-4-10-17-11-12/h2,4-5,7,10-11,13,15H,1,3,6,8-9H2/t13-,15-/m1/s1. The van der Waals surface area contributed by atoms with Crippen molar-refractivity contribution in [3.05, 3.63) is 49.0 Å². The first-order valence-electron chi connectivity index (χ1n) is 7.01. The summed E-state index contributed by atoms with van der Waals surface area (Å²) in [6, 6.07) is 4.35. The summed E-state index contributed by atoms with van der Waals surface area (Å²) in [6.45, 7) is 3.47. The lowest BCUT2D eigenvalue weighted by molar-refractivity contribution is 0.123. The zero-order valence-corrected chi connectivity index (χ0v) is 11.4. The molecule has 0 aliphatic carbocycles. The third kappa shape index (κ3) is 2.22. The monoisotopic (exact) mass is 270 g/mol. The third-order valence-electron chi connectivity index (χ3n) is 4.12. The van der Waals surface area contributed by atoms with Crippen LogP contribution in [0, 0.1) is 0 Å². The molecule has 1 amide bonds. The first-order chi connectivity index (χ1) is 9.81. The maximum absolute atomic E-state index is 12.2. The number of aromatic nitrogens is 1. The average Bonchev–Trinajstić information content (AvgIpc) is 2.77. The molecule has 20 heavy (non-hydrogen) atoms. The quantitative estimate of drug-likeness (QED) is 0.774. The number of ether oxygens (including phenoxy) is 1. The van der Waals surface area contributed by atoms with Crippen molar-refractivity contribution in [2.24, 2.45) is 0 Å². The van der Waals surface area contributed by atoms with Gasteiger partial charge in [0.1, 0.15) is 0 Å². The third-order valence-corrected chi connectivity index (χ3v) is 4.12. The molecule has 0 saturated carbocycles. The van der Waals surface area contributed by atoms with Gasteiger partial charge in [-0.25, -0.2) is 4.79 Å². The Balaban J connectivity index is 1.94. The topological polar surface area (TPSA) is 42.4 Å². The Hall–Kier alpha value is -2.10. The summed E-state index contributed by atoms with van der Waals surface area (Å²) >= 11 is 0. The van der Waals surface area contributed by atoms with Crippen LogP contribution in [0.25, 0.3) is 5.57 Å². The first-order valence-corrected chi connectivity index (χ1v) is 7.01. The van der Waals surface area contributed by atoms with Crippen molar-refractivity contribution in [3.63, 3.8) is 0 Å². The highest BCUT2D eigenvalue weighted by molar-refractivity contribution is 5.77. The van der Waals surface area contributed by atoms with Gasteiger partial charge in [0.25, 0.3) is 0 Å².